The third-order valence-electron chi connectivity index (χ3n) is 5.51. The number of carbonyl (C=O) groups is 2. The van der Waals surface area contributed by atoms with Gasteiger partial charge in [0.1, 0.15) is 12.6 Å². The summed E-state index contributed by atoms with van der Waals surface area (Å²) in [7, 11) is 0. The fourth-order valence-corrected chi connectivity index (χ4v) is 3.97. The molecule has 142 valence electrons. The van der Waals surface area contributed by atoms with Gasteiger partial charge >= 0.3 is 6.09 Å². The first-order valence-corrected chi connectivity index (χ1v) is 9.75. The number of rotatable bonds is 7. The number of amides is 2. The van der Waals surface area contributed by atoms with Crippen molar-refractivity contribution >= 4 is 12.0 Å². The number of ether oxygens (including phenoxy) is 2. The number of cyclic esters (lactones) is 1. The van der Waals surface area contributed by atoms with Crippen LogP contribution in [-0.4, -0.2) is 80.4 Å². The molecule has 0 aromatic carbocycles. The highest BCUT2D eigenvalue weighted by Crippen LogP contribution is 2.26. The smallest absolute Gasteiger partial charge is 0.410 e. The zero-order chi connectivity index (χ0) is 17.5. The van der Waals surface area contributed by atoms with Crippen LogP contribution in [0.25, 0.3) is 0 Å². The van der Waals surface area contributed by atoms with Crippen LogP contribution in [0.4, 0.5) is 4.79 Å². The topological polar surface area (TPSA) is 71.1 Å². The molecule has 0 radical (unpaired) electrons. The molecular weight excluding hydrogens is 322 g/mol. The Hall–Kier alpha value is -1.34. The minimum Gasteiger partial charge on any atom is -0.447 e. The second kappa shape index (κ2) is 9.38. The fraction of sp³-hybridized carbons (Fsp3) is 0.889. The summed E-state index contributed by atoms with van der Waals surface area (Å²) in [5.74, 6) is 0.430. The van der Waals surface area contributed by atoms with Crippen LogP contribution < -0.4 is 5.32 Å². The first-order chi connectivity index (χ1) is 12.2. The molecule has 0 unspecified atom stereocenters. The van der Waals surface area contributed by atoms with Crippen molar-refractivity contribution in [3.8, 4) is 0 Å². The van der Waals surface area contributed by atoms with Gasteiger partial charge in [0, 0.05) is 26.2 Å². The molecule has 2 heterocycles. The van der Waals surface area contributed by atoms with Crippen LogP contribution in [0.15, 0.2) is 0 Å². The van der Waals surface area contributed by atoms with Crippen LogP contribution in [0.3, 0.4) is 0 Å². The van der Waals surface area contributed by atoms with Crippen molar-refractivity contribution in [2.75, 3.05) is 52.5 Å². The first kappa shape index (κ1) is 18.5. The molecule has 0 bridgehead atoms. The van der Waals surface area contributed by atoms with Crippen LogP contribution in [0.1, 0.15) is 38.5 Å². The number of morpholine rings is 1. The van der Waals surface area contributed by atoms with Crippen LogP contribution in [0.5, 0.6) is 0 Å². The molecule has 3 rings (SSSR count). The Kier molecular flexibility index (Phi) is 6.93. The summed E-state index contributed by atoms with van der Waals surface area (Å²) in [6.07, 6.45) is 6.62. The Balaban J connectivity index is 1.39. The predicted octanol–water partition coefficient (Wildman–Crippen LogP) is 1.23. The molecule has 0 aromatic rings. The maximum absolute atomic E-state index is 12.5. The second-order valence-electron chi connectivity index (χ2n) is 7.35. The molecule has 1 N–H and O–H groups in total. The highest BCUT2D eigenvalue weighted by molar-refractivity contribution is 5.87. The van der Waals surface area contributed by atoms with E-state index >= 15 is 0 Å². The van der Waals surface area contributed by atoms with Crippen molar-refractivity contribution in [1.29, 1.82) is 0 Å². The largest absolute Gasteiger partial charge is 0.447 e. The average Bonchev–Trinajstić information content (AvgIpc) is 3.01. The molecule has 25 heavy (non-hydrogen) atoms. The molecule has 2 aliphatic heterocycles. The van der Waals surface area contributed by atoms with E-state index in [-0.39, 0.29) is 18.6 Å². The number of nitrogens with zero attached hydrogens (tertiary/aromatic N) is 2. The second-order valence-corrected chi connectivity index (χ2v) is 7.35. The van der Waals surface area contributed by atoms with Gasteiger partial charge in [0.25, 0.3) is 0 Å². The molecule has 7 heteroatoms. The van der Waals surface area contributed by atoms with Gasteiger partial charge in [-0.2, -0.15) is 0 Å². The Bertz CT molecular complexity index is 448. The molecule has 3 aliphatic rings. The zero-order valence-corrected chi connectivity index (χ0v) is 15.1. The normalized spacial score (nSPS) is 25.8. The number of nitrogens with one attached hydrogen (secondary N) is 1. The summed E-state index contributed by atoms with van der Waals surface area (Å²) >= 11 is 0. The number of carbonyl (C=O) groups excluding carboxylic acids is 2. The fourth-order valence-electron chi connectivity index (χ4n) is 3.97. The maximum Gasteiger partial charge on any atom is 0.410 e. The zero-order valence-electron chi connectivity index (χ0n) is 15.1. The molecule has 2 amide bonds. The van der Waals surface area contributed by atoms with E-state index in [9.17, 15) is 9.59 Å². The lowest BCUT2D eigenvalue weighted by Crippen LogP contribution is -2.48. The third kappa shape index (κ3) is 5.31. The van der Waals surface area contributed by atoms with Crippen LogP contribution >= 0.6 is 0 Å². The molecule has 0 aromatic heterocycles. The highest BCUT2D eigenvalue weighted by atomic mass is 16.6. The standard InChI is InChI=1S/C18H31N3O4/c22-17(19-7-4-8-20-9-11-24-12-10-20)16-14-25-18(23)21(16)13-15-5-2-1-3-6-15/h15-16H,1-14H2,(H,19,22)/t16-/m0/s1. The van der Waals surface area contributed by atoms with E-state index in [4.69, 9.17) is 9.47 Å². The minimum atomic E-state index is -0.460. The van der Waals surface area contributed by atoms with Crippen molar-refractivity contribution in [2.24, 2.45) is 5.92 Å². The molecule has 1 atom stereocenters. The van der Waals surface area contributed by atoms with E-state index in [1.54, 1.807) is 4.90 Å². The van der Waals surface area contributed by atoms with Crippen molar-refractivity contribution in [3.05, 3.63) is 0 Å². The lowest BCUT2D eigenvalue weighted by atomic mass is 9.89. The quantitative estimate of drug-likeness (QED) is 0.697. The molecular formula is C18H31N3O4. The third-order valence-corrected chi connectivity index (χ3v) is 5.51. The highest BCUT2D eigenvalue weighted by Gasteiger charge is 2.39. The Labute approximate surface area is 150 Å². The van der Waals surface area contributed by atoms with Gasteiger partial charge in [-0.3, -0.25) is 14.6 Å². The monoisotopic (exact) mass is 353 g/mol. The van der Waals surface area contributed by atoms with E-state index < -0.39 is 6.04 Å². The number of hydrogen-bond donors (Lipinski definition) is 1. The lowest BCUT2D eigenvalue weighted by molar-refractivity contribution is -0.125. The summed E-state index contributed by atoms with van der Waals surface area (Å²) in [5, 5.41) is 2.98. The van der Waals surface area contributed by atoms with Gasteiger partial charge in [-0.15, -0.1) is 0 Å². The van der Waals surface area contributed by atoms with Gasteiger partial charge in [-0.25, -0.2) is 4.79 Å². The Morgan fingerprint density at radius 1 is 1.16 bits per heavy atom. The molecule has 1 aliphatic carbocycles. The van der Waals surface area contributed by atoms with Crippen molar-refractivity contribution in [2.45, 2.75) is 44.6 Å². The molecule has 1 saturated carbocycles. The van der Waals surface area contributed by atoms with Gasteiger partial charge in [0.2, 0.25) is 5.91 Å². The minimum absolute atomic E-state index is 0.0800. The maximum atomic E-state index is 12.5. The molecule has 2 saturated heterocycles. The van der Waals surface area contributed by atoms with Crippen molar-refractivity contribution in [1.82, 2.24) is 15.1 Å². The van der Waals surface area contributed by atoms with Crippen molar-refractivity contribution in [3.63, 3.8) is 0 Å². The van der Waals surface area contributed by atoms with E-state index in [0.717, 1.165) is 52.1 Å². The summed E-state index contributed by atoms with van der Waals surface area (Å²) in [5.41, 5.74) is 0. The van der Waals surface area contributed by atoms with Gasteiger partial charge in [0.05, 0.1) is 13.2 Å². The van der Waals surface area contributed by atoms with Crippen LogP contribution in [0, 0.1) is 5.92 Å². The van der Waals surface area contributed by atoms with Crippen LogP contribution in [0.2, 0.25) is 0 Å². The van der Waals surface area contributed by atoms with E-state index in [1.165, 1.54) is 19.3 Å². The molecule has 0 spiro atoms. The molecule has 7 nitrogen and oxygen atoms in total. The summed E-state index contributed by atoms with van der Waals surface area (Å²) in [4.78, 5) is 28.5. The Morgan fingerprint density at radius 2 is 1.92 bits per heavy atom. The van der Waals surface area contributed by atoms with E-state index in [1.807, 2.05) is 0 Å². The van der Waals surface area contributed by atoms with E-state index in [0.29, 0.717) is 19.0 Å². The Morgan fingerprint density at radius 3 is 2.68 bits per heavy atom. The van der Waals surface area contributed by atoms with E-state index in [2.05, 4.69) is 10.2 Å². The van der Waals surface area contributed by atoms with Gasteiger partial charge in [0.15, 0.2) is 0 Å². The predicted molar refractivity (Wildman–Crippen MR) is 93.3 cm³/mol. The molecule has 3 fully saturated rings. The number of hydrogen-bond acceptors (Lipinski definition) is 5. The van der Waals surface area contributed by atoms with Gasteiger partial charge < -0.3 is 14.8 Å². The first-order valence-electron chi connectivity index (χ1n) is 9.75. The van der Waals surface area contributed by atoms with Crippen molar-refractivity contribution < 1.29 is 19.1 Å². The SMILES string of the molecule is O=C(NCCCN1CCOCC1)[C@@H]1COC(=O)N1CC1CCCCC1. The average molecular weight is 353 g/mol. The van der Waals surface area contributed by atoms with Crippen LogP contribution in [-0.2, 0) is 14.3 Å². The van der Waals surface area contributed by atoms with Gasteiger partial charge in [-0.05, 0) is 31.7 Å². The summed E-state index contributed by atoms with van der Waals surface area (Å²) < 4.78 is 10.5. The van der Waals surface area contributed by atoms with Gasteiger partial charge in [-0.1, -0.05) is 19.3 Å². The summed E-state index contributed by atoms with van der Waals surface area (Å²) in [6.45, 7) is 5.97. The summed E-state index contributed by atoms with van der Waals surface area (Å²) in [6, 6.07) is -0.460. The lowest BCUT2D eigenvalue weighted by Gasteiger charge is -2.28.